The quantitative estimate of drug-likeness (QED) is 0.665. The number of hydrogen-bond donors (Lipinski definition) is 1. The Morgan fingerprint density at radius 2 is 1.93 bits per heavy atom. The smallest absolute Gasteiger partial charge is 0.240 e. The molecule has 2 heterocycles. The Kier molecular flexibility index (Phi) is 5.34. The monoisotopic (exact) mass is 381 g/mol. The molecular weight excluding hydrogens is 358 g/mol. The van der Waals surface area contributed by atoms with Crippen molar-refractivity contribution < 1.29 is 9.53 Å². The van der Waals surface area contributed by atoms with Crippen LogP contribution in [0.15, 0.2) is 53.7 Å². The van der Waals surface area contributed by atoms with Crippen LogP contribution >= 0.6 is 11.8 Å². The number of benzene rings is 2. The molecule has 0 spiro atoms. The minimum atomic E-state index is -0.299. The highest BCUT2D eigenvalue weighted by molar-refractivity contribution is 8.00. The molecule has 1 saturated heterocycles. The fourth-order valence-corrected chi connectivity index (χ4v) is 4.52. The Bertz CT molecular complexity index is 920. The van der Waals surface area contributed by atoms with E-state index >= 15 is 0 Å². The second-order valence-corrected chi connectivity index (χ2v) is 7.81. The van der Waals surface area contributed by atoms with Crippen molar-refractivity contribution >= 4 is 28.7 Å². The number of piperidine rings is 1. The number of rotatable bonds is 5. The molecule has 1 N–H and O–H groups in total. The number of nitrogens with one attached hydrogen (secondary N) is 1. The fourth-order valence-electron chi connectivity index (χ4n) is 3.43. The maximum atomic E-state index is 13.3. The summed E-state index contributed by atoms with van der Waals surface area (Å²) in [6.45, 7) is 1.69. The fraction of sp³-hybridized carbons (Fsp3) is 0.333. The molecule has 0 saturated carbocycles. The molecular formula is C21H23N3O2S. The normalized spacial score (nSPS) is 15.7. The number of ether oxygens (including phenoxy) is 1. The zero-order valence-corrected chi connectivity index (χ0v) is 16.2. The lowest BCUT2D eigenvalue weighted by molar-refractivity contribution is -0.131. The summed E-state index contributed by atoms with van der Waals surface area (Å²) in [6.07, 6.45) is 3.38. The Balaban J connectivity index is 1.63. The van der Waals surface area contributed by atoms with E-state index in [1.54, 1.807) is 7.11 Å². The largest absolute Gasteiger partial charge is 0.497 e. The van der Waals surface area contributed by atoms with Crippen LogP contribution in [-0.4, -0.2) is 41.0 Å². The van der Waals surface area contributed by atoms with Gasteiger partial charge in [-0.25, -0.2) is 4.98 Å². The van der Waals surface area contributed by atoms with Crippen molar-refractivity contribution in [2.75, 3.05) is 20.2 Å². The lowest BCUT2D eigenvalue weighted by Crippen LogP contribution is -2.38. The molecule has 0 radical (unpaired) electrons. The summed E-state index contributed by atoms with van der Waals surface area (Å²) < 4.78 is 5.28. The molecule has 4 rings (SSSR count). The molecule has 1 aliphatic heterocycles. The van der Waals surface area contributed by atoms with Crippen molar-refractivity contribution in [3.8, 4) is 5.75 Å². The van der Waals surface area contributed by atoms with Crippen LogP contribution in [0.25, 0.3) is 11.0 Å². The molecule has 2 aromatic carbocycles. The maximum Gasteiger partial charge on any atom is 0.240 e. The highest BCUT2D eigenvalue weighted by Crippen LogP contribution is 2.37. The number of thioether (sulfide) groups is 1. The van der Waals surface area contributed by atoms with Gasteiger partial charge in [0.05, 0.1) is 18.1 Å². The van der Waals surface area contributed by atoms with Crippen LogP contribution in [0, 0.1) is 0 Å². The number of fused-ring (bicyclic) bond motifs is 1. The van der Waals surface area contributed by atoms with E-state index in [2.05, 4.69) is 9.97 Å². The highest BCUT2D eigenvalue weighted by atomic mass is 32.2. The first-order valence-electron chi connectivity index (χ1n) is 9.29. The number of H-pyrrole nitrogens is 1. The maximum absolute atomic E-state index is 13.3. The van der Waals surface area contributed by atoms with Crippen molar-refractivity contribution in [1.29, 1.82) is 0 Å². The van der Waals surface area contributed by atoms with E-state index < -0.39 is 0 Å². The van der Waals surface area contributed by atoms with Crippen molar-refractivity contribution in [1.82, 2.24) is 14.9 Å². The highest BCUT2D eigenvalue weighted by Gasteiger charge is 2.28. The van der Waals surface area contributed by atoms with E-state index in [-0.39, 0.29) is 11.2 Å². The minimum absolute atomic E-state index is 0.170. The van der Waals surface area contributed by atoms with Gasteiger partial charge in [-0.15, -0.1) is 0 Å². The standard InChI is InChI=1S/C21H23N3O2S/c1-26-16-10-11-17-18(14-16)23-21(22-17)27-19(15-8-4-2-5-9-15)20(25)24-12-6-3-7-13-24/h2,4-5,8-11,14,19H,3,6-7,12-13H2,1H3,(H,22,23)/t19-/m1/s1. The predicted octanol–water partition coefficient (Wildman–Crippen LogP) is 4.42. The molecule has 1 aliphatic rings. The van der Waals surface area contributed by atoms with Crippen LogP contribution in [0.1, 0.15) is 30.1 Å². The van der Waals surface area contributed by atoms with Gasteiger partial charge in [0.1, 0.15) is 11.0 Å². The summed E-state index contributed by atoms with van der Waals surface area (Å²) in [5, 5.41) is 0.448. The first kappa shape index (κ1) is 17.9. The third-order valence-electron chi connectivity index (χ3n) is 4.89. The lowest BCUT2D eigenvalue weighted by Gasteiger charge is -2.30. The predicted molar refractivity (Wildman–Crippen MR) is 108 cm³/mol. The molecule has 1 aromatic heterocycles. The lowest BCUT2D eigenvalue weighted by atomic mass is 10.1. The SMILES string of the molecule is COc1ccc2nc(S[C@@H](C(=O)N3CCCCC3)c3ccccc3)[nH]c2c1. The number of aromatic amines is 1. The van der Waals surface area contributed by atoms with E-state index in [1.165, 1.54) is 18.2 Å². The number of imidazole rings is 1. The summed E-state index contributed by atoms with van der Waals surface area (Å²) in [4.78, 5) is 23.3. The third kappa shape index (κ3) is 3.95. The van der Waals surface area contributed by atoms with Crippen LogP contribution < -0.4 is 4.74 Å². The van der Waals surface area contributed by atoms with E-state index in [0.717, 1.165) is 53.4 Å². The molecule has 1 atom stereocenters. The van der Waals surface area contributed by atoms with Gasteiger partial charge < -0.3 is 14.6 Å². The van der Waals surface area contributed by atoms with E-state index in [0.29, 0.717) is 0 Å². The number of carbonyl (C=O) groups is 1. The summed E-state index contributed by atoms with van der Waals surface area (Å²) in [7, 11) is 1.65. The minimum Gasteiger partial charge on any atom is -0.497 e. The van der Waals surface area contributed by atoms with Crippen molar-refractivity contribution in [2.24, 2.45) is 0 Å². The number of nitrogens with zero attached hydrogens (tertiary/aromatic N) is 2. The summed E-state index contributed by atoms with van der Waals surface area (Å²) in [6, 6.07) is 15.7. The second-order valence-electron chi connectivity index (χ2n) is 6.72. The van der Waals surface area contributed by atoms with Crippen LogP contribution in [0.5, 0.6) is 5.75 Å². The Morgan fingerprint density at radius 1 is 1.15 bits per heavy atom. The number of methoxy groups -OCH3 is 1. The third-order valence-corrected chi connectivity index (χ3v) is 6.02. The van der Waals surface area contributed by atoms with Crippen LogP contribution in [0.2, 0.25) is 0 Å². The summed E-state index contributed by atoms with van der Waals surface area (Å²) in [5.74, 6) is 0.954. The number of amides is 1. The first-order chi connectivity index (χ1) is 13.2. The number of aromatic nitrogens is 2. The van der Waals surface area contributed by atoms with Gasteiger partial charge in [-0.1, -0.05) is 42.1 Å². The van der Waals surface area contributed by atoms with E-state index in [9.17, 15) is 4.79 Å². The molecule has 27 heavy (non-hydrogen) atoms. The van der Waals surface area contributed by atoms with Gasteiger partial charge in [-0.2, -0.15) is 0 Å². The second kappa shape index (κ2) is 8.05. The van der Waals surface area contributed by atoms with Gasteiger partial charge in [0.2, 0.25) is 5.91 Å². The average molecular weight is 382 g/mol. The van der Waals surface area contributed by atoms with E-state index in [4.69, 9.17) is 4.74 Å². The Hall–Kier alpha value is -2.47. The van der Waals surface area contributed by atoms with Gasteiger partial charge in [-0.05, 0) is 37.0 Å². The van der Waals surface area contributed by atoms with E-state index in [1.807, 2.05) is 53.4 Å². The van der Waals surface area contributed by atoms with Gasteiger partial charge in [0, 0.05) is 19.2 Å². The van der Waals surface area contributed by atoms with Gasteiger partial charge in [-0.3, -0.25) is 4.79 Å². The van der Waals surface area contributed by atoms with Crippen molar-refractivity contribution in [3.63, 3.8) is 0 Å². The number of carbonyl (C=O) groups excluding carboxylic acids is 1. The number of likely N-dealkylation sites (tertiary alicyclic amines) is 1. The summed E-state index contributed by atoms with van der Waals surface area (Å²) in [5.41, 5.74) is 2.79. The van der Waals surface area contributed by atoms with Crippen LogP contribution in [0.3, 0.4) is 0 Å². The molecule has 5 nitrogen and oxygen atoms in total. The molecule has 1 amide bonds. The van der Waals surface area contributed by atoms with Gasteiger partial charge >= 0.3 is 0 Å². The molecule has 0 aliphatic carbocycles. The topological polar surface area (TPSA) is 58.2 Å². The van der Waals surface area contributed by atoms with Crippen molar-refractivity contribution in [3.05, 3.63) is 54.1 Å². The summed E-state index contributed by atoms with van der Waals surface area (Å²) >= 11 is 1.48. The van der Waals surface area contributed by atoms with Gasteiger partial charge in [0.25, 0.3) is 0 Å². The zero-order valence-electron chi connectivity index (χ0n) is 15.4. The van der Waals surface area contributed by atoms with Crippen LogP contribution in [0.4, 0.5) is 0 Å². The number of hydrogen-bond acceptors (Lipinski definition) is 4. The zero-order chi connectivity index (χ0) is 18.6. The molecule has 6 heteroatoms. The first-order valence-corrected chi connectivity index (χ1v) is 10.2. The van der Waals surface area contributed by atoms with Crippen molar-refractivity contribution in [2.45, 2.75) is 29.7 Å². The Morgan fingerprint density at radius 3 is 2.67 bits per heavy atom. The molecule has 140 valence electrons. The van der Waals surface area contributed by atoms with Gasteiger partial charge in [0.15, 0.2) is 5.16 Å². The Labute approximate surface area is 163 Å². The van der Waals surface area contributed by atoms with Crippen LogP contribution in [-0.2, 0) is 4.79 Å². The molecule has 1 fully saturated rings. The molecule has 3 aromatic rings. The molecule has 0 bridgehead atoms. The molecule has 0 unspecified atom stereocenters. The average Bonchev–Trinajstić information content (AvgIpc) is 3.14.